The highest BCUT2D eigenvalue weighted by atomic mass is 19.1. The Kier molecular flexibility index (Phi) is 3.98. The zero-order chi connectivity index (χ0) is 13.0. The van der Waals surface area contributed by atoms with Gasteiger partial charge in [-0.2, -0.15) is 0 Å². The second-order valence-electron chi connectivity index (χ2n) is 4.44. The highest BCUT2D eigenvalue weighted by Gasteiger charge is 2.02. The first kappa shape index (κ1) is 12.6. The van der Waals surface area contributed by atoms with Gasteiger partial charge in [0.05, 0.1) is 0 Å². The predicted molar refractivity (Wildman–Crippen MR) is 74.3 cm³/mol. The summed E-state index contributed by atoms with van der Waals surface area (Å²) in [6, 6.07) is 13.2. The summed E-state index contributed by atoms with van der Waals surface area (Å²) in [6.45, 7) is 4.86. The van der Waals surface area contributed by atoms with Crippen molar-refractivity contribution in [3.63, 3.8) is 0 Å². The monoisotopic (exact) mass is 243 g/mol. The van der Waals surface area contributed by atoms with Crippen molar-refractivity contribution in [3.05, 3.63) is 65.0 Å². The van der Waals surface area contributed by atoms with Crippen LogP contribution < -0.4 is 5.32 Å². The quantitative estimate of drug-likeness (QED) is 0.843. The summed E-state index contributed by atoms with van der Waals surface area (Å²) in [5.41, 5.74) is 4.52. The van der Waals surface area contributed by atoms with E-state index in [0.717, 1.165) is 24.2 Å². The number of anilines is 1. The lowest BCUT2D eigenvalue weighted by atomic mass is 10.1. The maximum Gasteiger partial charge on any atom is 0.125 e. The van der Waals surface area contributed by atoms with Crippen LogP contribution in [0.1, 0.15) is 23.6 Å². The summed E-state index contributed by atoms with van der Waals surface area (Å²) in [4.78, 5) is 0. The minimum Gasteiger partial charge on any atom is -0.381 e. The molecule has 1 N–H and O–H groups in total. The van der Waals surface area contributed by atoms with Crippen LogP contribution in [0.25, 0.3) is 0 Å². The third-order valence-electron chi connectivity index (χ3n) is 3.17. The zero-order valence-electron chi connectivity index (χ0n) is 10.8. The van der Waals surface area contributed by atoms with Crippen molar-refractivity contribution in [2.45, 2.75) is 26.8 Å². The van der Waals surface area contributed by atoms with E-state index in [9.17, 15) is 4.39 Å². The molecule has 0 fully saturated rings. The molecule has 0 aliphatic rings. The van der Waals surface area contributed by atoms with Gasteiger partial charge in [0.1, 0.15) is 5.82 Å². The molecule has 0 saturated carbocycles. The van der Waals surface area contributed by atoms with Gasteiger partial charge in [-0.1, -0.05) is 37.3 Å². The first-order chi connectivity index (χ1) is 8.70. The van der Waals surface area contributed by atoms with E-state index in [1.54, 1.807) is 12.1 Å². The molecule has 0 heterocycles. The van der Waals surface area contributed by atoms with Crippen LogP contribution in [-0.4, -0.2) is 0 Å². The summed E-state index contributed by atoms with van der Waals surface area (Å²) in [6.07, 6.45) is 1.01. The van der Waals surface area contributed by atoms with Crippen LogP contribution >= 0.6 is 0 Å². The molecule has 0 amide bonds. The maximum absolute atomic E-state index is 13.2. The van der Waals surface area contributed by atoms with Crippen LogP contribution in [0.2, 0.25) is 0 Å². The summed E-state index contributed by atoms with van der Waals surface area (Å²) < 4.78 is 13.2. The van der Waals surface area contributed by atoms with Crippen molar-refractivity contribution in [1.29, 1.82) is 0 Å². The lowest BCUT2D eigenvalue weighted by Gasteiger charge is -2.12. The van der Waals surface area contributed by atoms with Crippen LogP contribution in [0.5, 0.6) is 0 Å². The summed E-state index contributed by atoms with van der Waals surface area (Å²) >= 11 is 0. The van der Waals surface area contributed by atoms with E-state index in [1.807, 2.05) is 13.0 Å². The smallest absolute Gasteiger partial charge is 0.125 e. The van der Waals surface area contributed by atoms with Crippen molar-refractivity contribution < 1.29 is 4.39 Å². The highest BCUT2D eigenvalue weighted by molar-refractivity contribution is 5.51. The van der Waals surface area contributed by atoms with Crippen LogP contribution in [0.3, 0.4) is 0 Å². The number of rotatable bonds is 4. The summed E-state index contributed by atoms with van der Waals surface area (Å²) in [5, 5.41) is 3.30. The summed E-state index contributed by atoms with van der Waals surface area (Å²) in [5.74, 6) is -0.202. The van der Waals surface area contributed by atoms with Crippen molar-refractivity contribution >= 4 is 5.69 Å². The highest BCUT2D eigenvalue weighted by Crippen LogP contribution is 2.18. The topological polar surface area (TPSA) is 12.0 Å². The van der Waals surface area contributed by atoms with Crippen LogP contribution in [0.4, 0.5) is 10.1 Å². The standard InChI is InChI=1S/C16H18FN/c1-3-13-6-4-5-7-14(13)11-18-16-10-15(17)9-8-12(16)2/h4-10,18H,3,11H2,1-2H3. The van der Waals surface area contributed by atoms with E-state index in [1.165, 1.54) is 17.2 Å². The molecule has 1 nitrogen and oxygen atoms in total. The van der Waals surface area contributed by atoms with Gasteiger partial charge in [-0.05, 0) is 42.2 Å². The Morgan fingerprint density at radius 3 is 2.50 bits per heavy atom. The molecule has 2 aromatic carbocycles. The van der Waals surface area contributed by atoms with Gasteiger partial charge in [0.2, 0.25) is 0 Å². The van der Waals surface area contributed by atoms with Gasteiger partial charge >= 0.3 is 0 Å². The Morgan fingerprint density at radius 2 is 1.78 bits per heavy atom. The molecular formula is C16H18FN. The number of benzene rings is 2. The van der Waals surface area contributed by atoms with Gasteiger partial charge in [0.25, 0.3) is 0 Å². The molecule has 2 heteroatoms. The van der Waals surface area contributed by atoms with E-state index in [4.69, 9.17) is 0 Å². The molecule has 0 atom stereocenters. The van der Waals surface area contributed by atoms with Crippen LogP contribution in [-0.2, 0) is 13.0 Å². The molecule has 0 spiro atoms. The van der Waals surface area contributed by atoms with Crippen LogP contribution in [0.15, 0.2) is 42.5 Å². The SMILES string of the molecule is CCc1ccccc1CNc1cc(F)ccc1C. The number of aryl methyl sites for hydroxylation is 2. The molecule has 0 bridgehead atoms. The Bertz CT molecular complexity index is 534. The minimum absolute atomic E-state index is 0.202. The van der Waals surface area contributed by atoms with E-state index in [0.29, 0.717) is 0 Å². The number of halogens is 1. The summed E-state index contributed by atoms with van der Waals surface area (Å²) in [7, 11) is 0. The molecule has 0 saturated heterocycles. The molecule has 0 unspecified atom stereocenters. The fourth-order valence-corrected chi connectivity index (χ4v) is 2.05. The molecule has 0 aliphatic carbocycles. The van der Waals surface area contributed by atoms with Gasteiger partial charge in [-0.15, -0.1) is 0 Å². The Balaban J connectivity index is 2.14. The third kappa shape index (κ3) is 2.89. The number of nitrogens with one attached hydrogen (secondary N) is 1. The first-order valence-corrected chi connectivity index (χ1v) is 6.27. The Labute approximate surface area is 108 Å². The lowest BCUT2D eigenvalue weighted by Crippen LogP contribution is -2.04. The molecule has 0 aromatic heterocycles. The maximum atomic E-state index is 13.2. The van der Waals surface area contributed by atoms with Crippen molar-refractivity contribution in [2.24, 2.45) is 0 Å². The van der Waals surface area contributed by atoms with Gasteiger partial charge in [-0.25, -0.2) is 4.39 Å². The van der Waals surface area contributed by atoms with Crippen molar-refractivity contribution in [2.75, 3.05) is 5.32 Å². The molecule has 18 heavy (non-hydrogen) atoms. The van der Waals surface area contributed by atoms with Gasteiger partial charge < -0.3 is 5.32 Å². The number of hydrogen-bond acceptors (Lipinski definition) is 1. The Hall–Kier alpha value is -1.83. The van der Waals surface area contributed by atoms with Gasteiger partial charge in [0.15, 0.2) is 0 Å². The fraction of sp³-hybridized carbons (Fsp3) is 0.250. The molecule has 0 aliphatic heterocycles. The van der Waals surface area contributed by atoms with E-state index in [2.05, 4.69) is 30.4 Å². The lowest BCUT2D eigenvalue weighted by molar-refractivity contribution is 0.628. The largest absolute Gasteiger partial charge is 0.381 e. The molecule has 2 aromatic rings. The Morgan fingerprint density at radius 1 is 1.06 bits per heavy atom. The second-order valence-corrected chi connectivity index (χ2v) is 4.44. The van der Waals surface area contributed by atoms with E-state index in [-0.39, 0.29) is 5.82 Å². The fourth-order valence-electron chi connectivity index (χ4n) is 2.05. The molecule has 0 radical (unpaired) electrons. The third-order valence-corrected chi connectivity index (χ3v) is 3.17. The molecular weight excluding hydrogens is 225 g/mol. The van der Waals surface area contributed by atoms with Crippen molar-refractivity contribution in [1.82, 2.24) is 0 Å². The predicted octanol–water partition coefficient (Wildman–Crippen LogP) is 4.31. The van der Waals surface area contributed by atoms with Gasteiger partial charge in [0, 0.05) is 12.2 Å². The second kappa shape index (κ2) is 5.67. The minimum atomic E-state index is -0.202. The van der Waals surface area contributed by atoms with Crippen molar-refractivity contribution in [3.8, 4) is 0 Å². The molecule has 94 valence electrons. The van der Waals surface area contributed by atoms with E-state index < -0.39 is 0 Å². The number of hydrogen-bond donors (Lipinski definition) is 1. The van der Waals surface area contributed by atoms with Crippen LogP contribution in [0, 0.1) is 12.7 Å². The molecule has 2 rings (SSSR count). The van der Waals surface area contributed by atoms with Gasteiger partial charge in [-0.3, -0.25) is 0 Å². The normalized spacial score (nSPS) is 10.4. The zero-order valence-corrected chi connectivity index (χ0v) is 10.8. The average Bonchev–Trinajstić information content (AvgIpc) is 2.40. The average molecular weight is 243 g/mol. The van der Waals surface area contributed by atoms with E-state index >= 15 is 0 Å². The first-order valence-electron chi connectivity index (χ1n) is 6.27.